The van der Waals surface area contributed by atoms with E-state index in [-0.39, 0.29) is 30.0 Å². The normalized spacial score (nSPS) is 16.3. The number of guanidine groups is 1. The smallest absolute Gasteiger partial charge is 0.213 e. The van der Waals surface area contributed by atoms with E-state index >= 15 is 0 Å². The molecule has 0 bridgehead atoms. The Morgan fingerprint density at radius 3 is 2.93 bits per heavy atom. The number of aromatic nitrogens is 4. The number of hydrogen-bond acceptors (Lipinski definition) is 6. The fraction of sp³-hybridized carbons (Fsp3) is 0.529. The molecule has 2 aromatic rings. The second-order valence-corrected chi connectivity index (χ2v) is 6.04. The van der Waals surface area contributed by atoms with E-state index in [2.05, 4.69) is 30.7 Å². The van der Waals surface area contributed by atoms with E-state index in [4.69, 9.17) is 9.47 Å². The first-order valence-electron chi connectivity index (χ1n) is 8.60. The molecule has 10 heteroatoms. The third kappa shape index (κ3) is 5.76. The molecule has 1 aliphatic heterocycles. The third-order valence-corrected chi connectivity index (χ3v) is 4.17. The van der Waals surface area contributed by atoms with Crippen LogP contribution in [0.3, 0.4) is 0 Å². The van der Waals surface area contributed by atoms with Crippen LogP contribution in [0.5, 0.6) is 5.88 Å². The van der Waals surface area contributed by atoms with Crippen LogP contribution in [-0.2, 0) is 30.9 Å². The summed E-state index contributed by atoms with van der Waals surface area (Å²) in [6.45, 7) is 1.76. The van der Waals surface area contributed by atoms with E-state index in [0.29, 0.717) is 19.0 Å². The van der Waals surface area contributed by atoms with Gasteiger partial charge in [0.15, 0.2) is 11.8 Å². The van der Waals surface area contributed by atoms with Gasteiger partial charge in [0, 0.05) is 32.7 Å². The van der Waals surface area contributed by atoms with Gasteiger partial charge in [-0.3, -0.25) is 4.99 Å². The average Bonchev–Trinajstić information content (AvgIpc) is 3.07. The lowest BCUT2D eigenvalue weighted by molar-refractivity contribution is 0.177. The van der Waals surface area contributed by atoms with Crippen molar-refractivity contribution in [2.45, 2.75) is 38.6 Å². The second kappa shape index (κ2) is 10.4. The molecule has 1 atom stereocenters. The Balaban J connectivity index is 0.00000261. The molecule has 0 aliphatic carbocycles. The summed E-state index contributed by atoms with van der Waals surface area (Å²) in [4.78, 5) is 13.2. The maximum atomic E-state index is 5.15. The van der Waals surface area contributed by atoms with Gasteiger partial charge in [-0.1, -0.05) is 6.07 Å². The number of hydrogen-bond donors (Lipinski definition) is 2. The average molecular weight is 487 g/mol. The van der Waals surface area contributed by atoms with E-state index in [1.807, 2.05) is 22.9 Å². The summed E-state index contributed by atoms with van der Waals surface area (Å²) < 4.78 is 12.2. The highest BCUT2D eigenvalue weighted by Crippen LogP contribution is 2.13. The molecule has 1 unspecified atom stereocenters. The zero-order valence-electron chi connectivity index (χ0n) is 15.8. The van der Waals surface area contributed by atoms with Crippen molar-refractivity contribution in [2.75, 3.05) is 21.3 Å². The molecule has 0 fully saturated rings. The predicted octanol–water partition coefficient (Wildman–Crippen LogP) is 1.13. The zero-order valence-corrected chi connectivity index (χ0v) is 18.1. The first kappa shape index (κ1) is 21.4. The van der Waals surface area contributed by atoms with E-state index in [0.717, 1.165) is 42.7 Å². The summed E-state index contributed by atoms with van der Waals surface area (Å²) in [7, 11) is 5.02. The Morgan fingerprint density at radius 1 is 1.33 bits per heavy atom. The van der Waals surface area contributed by atoms with Crippen LogP contribution in [0.25, 0.3) is 0 Å². The summed E-state index contributed by atoms with van der Waals surface area (Å²) in [5.41, 5.74) is 0.888. The minimum atomic E-state index is 0. The van der Waals surface area contributed by atoms with Crippen molar-refractivity contribution < 1.29 is 9.47 Å². The first-order chi connectivity index (χ1) is 12.7. The molecule has 0 spiro atoms. The van der Waals surface area contributed by atoms with Gasteiger partial charge in [-0.05, 0) is 12.5 Å². The van der Waals surface area contributed by atoms with Crippen molar-refractivity contribution in [2.24, 2.45) is 4.99 Å². The van der Waals surface area contributed by atoms with Crippen LogP contribution >= 0.6 is 24.0 Å². The van der Waals surface area contributed by atoms with Crippen molar-refractivity contribution in [1.29, 1.82) is 0 Å². The van der Waals surface area contributed by atoms with E-state index in [1.54, 1.807) is 21.3 Å². The number of rotatable bonds is 6. The summed E-state index contributed by atoms with van der Waals surface area (Å²) in [6.07, 6.45) is 1.85. The number of halogens is 1. The van der Waals surface area contributed by atoms with Gasteiger partial charge in [-0.25, -0.2) is 14.6 Å². The van der Waals surface area contributed by atoms with Crippen molar-refractivity contribution in [3.8, 4) is 5.88 Å². The maximum Gasteiger partial charge on any atom is 0.213 e. The monoisotopic (exact) mass is 487 g/mol. The lowest BCUT2D eigenvalue weighted by Gasteiger charge is -2.25. The van der Waals surface area contributed by atoms with Gasteiger partial charge in [-0.15, -0.1) is 24.0 Å². The van der Waals surface area contributed by atoms with Gasteiger partial charge >= 0.3 is 0 Å². The highest BCUT2D eigenvalue weighted by Gasteiger charge is 2.22. The number of fused-ring (bicyclic) bond motifs is 1. The van der Waals surface area contributed by atoms with Gasteiger partial charge < -0.3 is 20.1 Å². The second-order valence-electron chi connectivity index (χ2n) is 6.04. The fourth-order valence-electron chi connectivity index (χ4n) is 2.90. The Morgan fingerprint density at radius 2 is 2.19 bits per heavy atom. The van der Waals surface area contributed by atoms with Crippen LogP contribution < -0.4 is 15.4 Å². The minimum absolute atomic E-state index is 0. The molecule has 2 N–H and O–H groups in total. The van der Waals surface area contributed by atoms with E-state index < -0.39 is 0 Å². The molecule has 0 radical (unpaired) electrons. The van der Waals surface area contributed by atoms with Gasteiger partial charge in [0.1, 0.15) is 12.4 Å². The van der Waals surface area contributed by atoms with Gasteiger partial charge in [0.25, 0.3) is 0 Å². The lowest BCUT2D eigenvalue weighted by Crippen LogP contribution is -2.46. The van der Waals surface area contributed by atoms with Crippen LogP contribution in [0.1, 0.15) is 23.8 Å². The van der Waals surface area contributed by atoms with Crippen molar-refractivity contribution in [3.63, 3.8) is 0 Å². The maximum absolute atomic E-state index is 5.15. The van der Waals surface area contributed by atoms with Crippen molar-refractivity contribution in [1.82, 2.24) is 30.4 Å². The predicted molar refractivity (Wildman–Crippen MR) is 112 cm³/mol. The number of ether oxygens (including phenoxy) is 2. The number of aliphatic imine (C=N–C) groups is 1. The number of pyridine rings is 1. The molecule has 9 nitrogen and oxygen atoms in total. The third-order valence-electron chi connectivity index (χ3n) is 4.17. The summed E-state index contributed by atoms with van der Waals surface area (Å²) in [6, 6.07) is 5.93. The highest BCUT2D eigenvalue weighted by molar-refractivity contribution is 14.0. The fourth-order valence-corrected chi connectivity index (χ4v) is 2.90. The highest BCUT2D eigenvalue weighted by atomic mass is 127. The molecule has 3 rings (SSSR count). The van der Waals surface area contributed by atoms with Gasteiger partial charge in [0.2, 0.25) is 5.88 Å². The Labute approximate surface area is 176 Å². The van der Waals surface area contributed by atoms with Gasteiger partial charge in [-0.2, -0.15) is 5.10 Å². The number of nitrogens with one attached hydrogen (secondary N) is 2. The van der Waals surface area contributed by atoms with E-state index in [1.165, 1.54) is 0 Å². The van der Waals surface area contributed by atoms with E-state index in [9.17, 15) is 0 Å². The molecule has 0 saturated heterocycles. The molecule has 0 saturated carbocycles. The quantitative estimate of drug-likeness (QED) is 0.358. The van der Waals surface area contributed by atoms with Crippen molar-refractivity contribution >= 4 is 29.9 Å². The molecule has 148 valence electrons. The molecule has 0 amide bonds. The van der Waals surface area contributed by atoms with Crippen LogP contribution in [-0.4, -0.2) is 53.0 Å². The summed E-state index contributed by atoms with van der Waals surface area (Å²) in [5, 5.41) is 11.2. The number of nitrogens with zero attached hydrogens (tertiary/aromatic N) is 5. The summed E-state index contributed by atoms with van der Waals surface area (Å²) >= 11 is 0. The van der Waals surface area contributed by atoms with Crippen LogP contribution in [0.2, 0.25) is 0 Å². The number of methoxy groups -OCH3 is 2. The Bertz CT molecular complexity index is 765. The molecule has 1 aliphatic rings. The zero-order chi connectivity index (χ0) is 18.4. The van der Waals surface area contributed by atoms with Crippen LogP contribution in [0.15, 0.2) is 23.2 Å². The SMILES string of the molecule is CN=C(NCc1cccc(OC)n1)NC1CCc2nc(COC)nn2C1.I. The first-order valence-corrected chi connectivity index (χ1v) is 8.60. The molecule has 27 heavy (non-hydrogen) atoms. The molecule has 2 aromatic heterocycles. The Hall–Kier alpha value is -1.95. The van der Waals surface area contributed by atoms with Crippen LogP contribution in [0.4, 0.5) is 0 Å². The molecule has 0 aromatic carbocycles. The number of aryl methyl sites for hydroxylation is 1. The molecular weight excluding hydrogens is 461 g/mol. The standard InChI is InChI=1S/C17H25N7O2.HI/c1-18-17(19-9-12-5-4-6-16(20-12)26-3)21-13-7-8-15-22-14(11-25-2)23-24(15)10-13;/h4-6,13H,7-11H2,1-3H3,(H2,18,19,21);1H. The van der Waals surface area contributed by atoms with Crippen molar-refractivity contribution in [3.05, 3.63) is 35.5 Å². The van der Waals surface area contributed by atoms with Gasteiger partial charge in [0.05, 0.1) is 25.9 Å². The lowest BCUT2D eigenvalue weighted by atomic mass is 10.1. The minimum Gasteiger partial charge on any atom is -0.481 e. The molecule has 3 heterocycles. The van der Waals surface area contributed by atoms with Crippen LogP contribution in [0, 0.1) is 0 Å². The largest absolute Gasteiger partial charge is 0.481 e. The summed E-state index contributed by atoms with van der Waals surface area (Å²) in [5.74, 6) is 3.08. The Kier molecular flexibility index (Phi) is 8.23. The topological polar surface area (TPSA) is 98.5 Å². The molecular formula is C17H26IN7O2.